The molecule has 0 bridgehead atoms. The summed E-state index contributed by atoms with van der Waals surface area (Å²) in [5, 5.41) is 6.41. The molecule has 0 saturated heterocycles. The summed E-state index contributed by atoms with van der Waals surface area (Å²) in [5.41, 5.74) is 3.25. The molecule has 152 valence electrons. The number of carbonyl (C=O) groups excluding carboxylic acids is 1. The fourth-order valence-electron chi connectivity index (χ4n) is 2.60. The van der Waals surface area contributed by atoms with E-state index in [2.05, 4.69) is 15.6 Å². The predicted octanol–water partition coefficient (Wildman–Crippen LogP) is 3.36. The summed E-state index contributed by atoms with van der Waals surface area (Å²) < 4.78 is 13.6. The van der Waals surface area contributed by atoms with Crippen LogP contribution >= 0.6 is 24.0 Å². The molecule has 0 aromatic heterocycles. The molecule has 0 aliphatic rings. The van der Waals surface area contributed by atoms with Crippen molar-refractivity contribution in [3.05, 3.63) is 70.5 Å². The number of rotatable bonds is 6. The third-order valence-corrected chi connectivity index (χ3v) is 4.21. The molecule has 0 heterocycles. The van der Waals surface area contributed by atoms with Gasteiger partial charge in [-0.3, -0.25) is 9.79 Å². The van der Waals surface area contributed by atoms with Crippen molar-refractivity contribution in [3.63, 3.8) is 0 Å². The van der Waals surface area contributed by atoms with Crippen molar-refractivity contribution in [2.24, 2.45) is 4.99 Å². The number of hydrogen-bond acceptors (Lipinski definition) is 2. The lowest BCUT2D eigenvalue weighted by molar-refractivity contribution is 0.0827. The number of halogens is 2. The number of aliphatic imine (C=N–C) groups is 1. The Labute approximate surface area is 183 Å². The fourth-order valence-corrected chi connectivity index (χ4v) is 2.60. The van der Waals surface area contributed by atoms with Gasteiger partial charge in [0.1, 0.15) is 5.82 Å². The fraction of sp³-hybridized carbons (Fsp3) is 0.333. The van der Waals surface area contributed by atoms with Gasteiger partial charge in [0.25, 0.3) is 5.91 Å². The van der Waals surface area contributed by atoms with E-state index in [1.54, 1.807) is 39.0 Å². The molecule has 5 nitrogen and oxygen atoms in total. The van der Waals surface area contributed by atoms with Crippen molar-refractivity contribution in [1.82, 2.24) is 15.5 Å². The van der Waals surface area contributed by atoms with Gasteiger partial charge in [-0.25, -0.2) is 4.39 Å². The molecule has 2 N–H and O–H groups in total. The van der Waals surface area contributed by atoms with Gasteiger partial charge in [-0.1, -0.05) is 24.3 Å². The highest BCUT2D eigenvalue weighted by molar-refractivity contribution is 14.0. The lowest BCUT2D eigenvalue weighted by Gasteiger charge is -2.13. The second kappa shape index (κ2) is 11.6. The number of nitrogens with one attached hydrogen (secondary N) is 2. The molecule has 28 heavy (non-hydrogen) atoms. The summed E-state index contributed by atoms with van der Waals surface area (Å²) in [6.45, 7) is 2.90. The Morgan fingerprint density at radius 2 is 1.86 bits per heavy atom. The zero-order valence-corrected chi connectivity index (χ0v) is 19.1. The van der Waals surface area contributed by atoms with Crippen LogP contribution in [0.2, 0.25) is 0 Å². The summed E-state index contributed by atoms with van der Waals surface area (Å²) in [6.07, 6.45) is 0.758. The molecule has 0 aliphatic heterocycles. The van der Waals surface area contributed by atoms with E-state index >= 15 is 0 Å². The van der Waals surface area contributed by atoms with Gasteiger partial charge in [0.2, 0.25) is 0 Å². The molecule has 2 rings (SSSR count). The third-order valence-electron chi connectivity index (χ3n) is 4.21. The Morgan fingerprint density at radius 1 is 1.11 bits per heavy atom. The van der Waals surface area contributed by atoms with Crippen molar-refractivity contribution in [2.45, 2.75) is 19.9 Å². The van der Waals surface area contributed by atoms with E-state index in [1.807, 2.05) is 30.3 Å². The first-order valence-corrected chi connectivity index (χ1v) is 8.91. The number of nitrogens with zero attached hydrogens (tertiary/aromatic N) is 2. The average Bonchev–Trinajstić information content (AvgIpc) is 2.66. The minimum absolute atomic E-state index is 0. The molecule has 0 spiro atoms. The van der Waals surface area contributed by atoms with Crippen LogP contribution in [0.3, 0.4) is 0 Å². The van der Waals surface area contributed by atoms with Crippen molar-refractivity contribution in [1.29, 1.82) is 0 Å². The first-order valence-electron chi connectivity index (χ1n) is 8.91. The van der Waals surface area contributed by atoms with Crippen LogP contribution in [0, 0.1) is 12.7 Å². The van der Waals surface area contributed by atoms with E-state index in [4.69, 9.17) is 0 Å². The van der Waals surface area contributed by atoms with Crippen molar-refractivity contribution < 1.29 is 9.18 Å². The molecule has 0 unspecified atom stereocenters. The second-order valence-corrected chi connectivity index (χ2v) is 6.59. The molecule has 0 atom stereocenters. The number of guanidine groups is 1. The number of carbonyl (C=O) groups is 1. The van der Waals surface area contributed by atoms with Crippen LogP contribution < -0.4 is 10.6 Å². The largest absolute Gasteiger partial charge is 0.356 e. The van der Waals surface area contributed by atoms with Crippen molar-refractivity contribution >= 4 is 35.8 Å². The first-order chi connectivity index (χ1) is 12.9. The number of hydrogen-bond donors (Lipinski definition) is 2. The average molecular weight is 498 g/mol. The maximum atomic E-state index is 13.6. The Morgan fingerprint density at radius 3 is 2.50 bits per heavy atom. The summed E-state index contributed by atoms with van der Waals surface area (Å²) in [4.78, 5) is 17.8. The van der Waals surface area contributed by atoms with Gasteiger partial charge in [0.05, 0.1) is 0 Å². The van der Waals surface area contributed by atoms with Crippen LogP contribution in [-0.2, 0) is 13.0 Å². The summed E-state index contributed by atoms with van der Waals surface area (Å²) in [6, 6.07) is 12.8. The second-order valence-electron chi connectivity index (χ2n) is 6.59. The predicted molar refractivity (Wildman–Crippen MR) is 123 cm³/mol. The lowest BCUT2D eigenvalue weighted by Crippen LogP contribution is -2.37. The van der Waals surface area contributed by atoms with Crippen molar-refractivity contribution in [3.8, 4) is 0 Å². The molecule has 0 radical (unpaired) electrons. The minimum atomic E-state index is -0.204. The number of aryl methyl sites for hydroxylation is 1. The van der Waals surface area contributed by atoms with E-state index in [0.29, 0.717) is 30.2 Å². The molecule has 1 amide bonds. The maximum Gasteiger partial charge on any atom is 0.253 e. The first kappa shape index (κ1) is 23.9. The van der Waals surface area contributed by atoms with Crippen LogP contribution in [0.25, 0.3) is 0 Å². The van der Waals surface area contributed by atoms with Gasteiger partial charge in [-0.2, -0.15) is 0 Å². The van der Waals surface area contributed by atoms with E-state index in [-0.39, 0.29) is 35.7 Å². The van der Waals surface area contributed by atoms with E-state index in [0.717, 1.165) is 17.5 Å². The lowest BCUT2D eigenvalue weighted by atomic mass is 10.1. The summed E-state index contributed by atoms with van der Waals surface area (Å²) in [7, 11) is 5.18. The highest BCUT2D eigenvalue weighted by atomic mass is 127. The third kappa shape index (κ3) is 7.10. The van der Waals surface area contributed by atoms with E-state index < -0.39 is 0 Å². The topological polar surface area (TPSA) is 56.7 Å². The van der Waals surface area contributed by atoms with Crippen LogP contribution in [0.1, 0.15) is 27.0 Å². The standard InChI is InChI=1S/C21H27FN4O.HI/c1-15-8-9-17(13-19(15)22)14-25-21(23-2)24-11-10-16-6-5-7-18(12-16)20(27)26(3)4;/h5-9,12-13H,10-11,14H2,1-4H3,(H2,23,24,25);1H. The molecule has 7 heteroatoms. The number of amides is 1. The maximum absolute atomic E-state index is 13.6. The Balaban J connectivity index is 0.00000392. The Kier molecular flexibility index (Phi) is 9.92. The van der Waals surface area contributed by atoms with E-state index in [9.17, 15) is 9.18 Å². The Hall–Kier alpha value is -2.16. The van der Waals surface area contributed by atoms with Gasteiger partial charge >= 0.3 is 0 Å². The summed E-state index contributed by atoms with van der Waals surface area (Å²) >= 11 is 0. The normalized spacial score (nSPS) is 10.8. The zero-order valence-electron chi connectivity index (χ0n) is 16.8. The van der Waals surface area contributed by atoms with Gasteiger partial charge in [-0.05, 0) is 48.2 Å². The van der Waals surface area contributed by atoms with Gasteiger partial charge in [0, 0.05) is 39.8 Å². The molecular weight excluding hydrogens is 470 g/mol. The van der Waals surface area contributed by atoms with Gasteiger partial charge in [0.15, 0.2) is 5.96 Å². The zero-order chi connectivity index (χ0) is 19.8. The van der Waals surface area contributed by atoms with Crippen LogP contribution in [0.15, 0.2) is 47.5 Å². The Bertz CT molecular complexity index is 824. The van der Waals surface area contributed by atoms with Crippen LogP contribution in [0.5, 0.6) is 0 Å². The van der Waals surface area contributed by atoms with E-state index in [1.165, 1.54) is 6.07 Å². The molecule has 0 fully saturated rings. The monoisotopic (exact) mass is 498 g/mol. The van der Waals surface area contributed by atoms with Crippen LogP contribution in [-0.4, -0.2) is 44.5 Å². The van der Waals surface area contributed by atoms with Crippen LogP contribution in [0.4, 0.5) is 4.39 Å². The highest BCUT2D eigenvalue weighted by Crippen LogP contribution is 2.09. The smallest absolute Gasteiger partial charge is 0.253 e. The SMILES string of the molecule is CN=C(NCCc1cccc(C(=O)N(C)C)c1)NCc1ccc(C)c(F)c1.I. The molecule has 0 saturated carbocycles. The highest BCUT2D eigenvalue weighted by Gasteiger charge is 2.08. The summed E-state index contributed by atoms with van der Waals surface area (Å²) in [5.74, 6) is 0.438. The molecular formula is C21H28FIN4O. The van der Waals surface area contributed by atoms with Gasteiger partial charge in [-0.15, -0.1) is 24.0 Å². The van der Waals surface area contributed by atoms with Gasteiger partial charge < -0.3 is 15.5 Å². The molecule has 0 aliphatic carbocycles. The quantitative estimate of drug-likeness (QED) is 0.365. The number of benzene rings is 2. The molecule has 2 aromatic rings. The van der Waals surface area contributed by atoms with Crippen molar-refractivity contribution in [2.75, 3.05) is 27.7 Å². The minimum Gasteiger partial charge on any atom is -0.356 e. The molecule has 2 aromatic carbocycles.